The zero-order valence-corrected chi connectivity index (χ0v) is 27.1. The lowest BCUT2D eigenvalue weighted by molar-refractivity contribution is 0.0994. The molecular formula is C43H30N2O4. The molecule has 0 saturated carbocycles. The first-order valence-electron chi connectivity index (χ1n) is 16.1. The summed E-state index contributed by atoms with van der Waals surface area (Å²) in [5.41, 5.74) is 2.68. The Labute approximate surface area is 280 Å². The Morgan fingerprint density at radius 2 is 1.08 bits per heavy atom. The number of amides is 1. The number of benzene rings is 5. The molecule has 8 rings (SSSR count). The number of hydrogen-bond donors (Lipinski definition) is 1. The fraction of sp³-hybridized carbons (Fsp3) is 0.0698. The summed E-state index contributed by atoms with van der Waals surface area (Å²) >= 11 is 0. The second kappa shape index (κ2) is 11.4. The van der Waals surface area contributed by atoms with Gasteiger partial charge in [0, 0.05) is 40.0 Å². The van der Waals surface area contributed by atoms with Crippen molar-refractivity contribution < 1.29 is 9.59 Å². The molecule has 236 valence electrons. The van der Waals surface area contributed by atoms with Gasteiger partial charge in [-0.15, -0.1) is 0 Å². The number of aromatic nitrogens is 1. The molecule has 4 bridgehead atoms. The second-order valence-corrected chi connectivity index (χ2v) is 12.6. The number of rotatable bonds is 3. The van der Waals surface area contributed by atoms with Crippen molar-refractivity contribution in [2.75, 3.05) is 11.9 Å². The van der Waals surface area contributed by atoms with Crippen LogP contribution in [0.1, 0.15) is 31.8 Å². The van der Waals surface area contributed by atoms with Crippen molar-refractivity contribution >= 4 is 82.5 Å². The van der Waals surface area contributed by atoms with Gasteiger partial charge in [0.1, 0.15) is 0 Å². The van der Waals surface area contributed by atoms with Gasteiger partial charge < -0.3 is 4.90 Å². The third-order valence-corrected chi connectivity index (χ3v) is 9.81. The lowest BCUT2D eigenvalue weighted by Gasteiger charge is -2.19. The van der Waals surface area contributed by atoms with E-state index in [1.165, 1.54) is 0 Å². The smallest absolute Gasteiger partial charge is 0.258 e. The van der Waals surface area contributed by atoms with E-state index in [0.29, 0.717) is 32.7 Å². The Hall–Kier alpha value is -6.40. The minimum Gasteiger partial charge on any atom is -0.311 e. The maximum absolute atomic E-state index is 13.9. The molecule has 0 saturated heterocycles. The SMILES string of the molecule is Cc1ccc(C=O)c2cc(ccc2C(=O)N(C)c2ccccc2)c2ccc3c(C)ccc4c(=O)[nH]c(=O)c5ccc(cc45)c4ccc1c2c34. The number of anilines is 1. The Morgan fingerprint density at radius 1 is 0.571 bits per heavy atom. The van der Waals surface area contributed by atoms with Gasteiger partial charge in [0.05, 0.1) is 0 Å². The van der Waals surface area contributed by atoms with Crippen molar-refractivity contribution in [1.82, 2.24) is 4.98 Å². The molecule has 0 fully saturated rings. The molecule has 6 heteroatoms. The number of nitrogens with zero attached hydrogens (tertiary/aromatic N) is 1. The number of pyridine rings is 1. The van der Waals surface area contributed by atoms with Crippen molar-refractivity contribution in [3.63, 3.8) is 0 Å². The molecule has 0 aliphatic rings. The number of carbonyl (C=O) groups is 2. The van der Waals surface area contributed by atoms with Crippen LogP contribution < -0.4 is 16.0 Å². The van der Waals surface area contributed by atoms with Gasteiger partial charge in [-0.05, 0) is 116 Å². The van der Waals surface area contributed by atoms with Crippen molar-refractivity contribution in [2.24, 2.45) is 0 Å². The zero-order valence-electron chi connectivity index (χ0n) is 27.1. The Bertz CT molecular complexity index is 2890. The van der Waals surface area contributed by atoms with Crippen LogP contribution in [0.4, 0.5) is 5.69 Å². The maximum Gasteiger partial charge on any atom is 0.258 e. The van der Waals surface area contributed by atoms with Crippen LogP contribution in [-0.4, -0.2) is 24.2 Å². The Kier molecular flexibility index (Phi) is 6.96. The summed E-state index contributed by atoms with van der Waals surface area (Å²) in [6, 6.07) is 36.6. The summed E-state index contributed by atoms with van der Waals surface area (Å²) in [4.78, 5) is 56.3. The second-order valence-electron chi connectivity index (χ2n) is 12.6. The van der Waals surface area contributed by atoms with Crippen molar-refractivity contribution in [2.45, 2.75) is 13.8 Å². The number of para-hydroxylation sites is 1. The van der Waals surface area contributed by atoms with E-state index in [4.69, 9.17) is 0 Å². The van der Waals surface area contributed by atoms with Crippen LogP contribution >= 0.6 is 0 Å². The molecule has 0 spiro atoms. The molecule has 0 atom stereocenters. The third kappa shape index (κ3) is 4.72. The standard InChI is InChI=1S/C43H30N2O4/c1-24-9-11-28(23-46)37-21-26(13-16-36(37)43(49)45(3)29-7-5-4-6-8-29)32-19-18-31-25(2)10-14-34-38-22-27(12-15-35(38)42(48)44-41(34)47)33-20-17-30(24)39(32)40(31)33/h4-23H,1-3H3,(H,44,47,48). The highest BCUT2D eigenvalue weighted by molar-refractivity contribution is 6.29. The molecule has 1 heterocycles. The van der Waals surface area contributed by atoms with E-state index in [9.17, 15) is 19.2 Å². The molecule has 0 aliphatic heterocycles. The van der Waals surface area contributed by atoms with E-state index in [-0.39, 0.29) is 5.91 Å². The largest absolute Gasteiger partial charge is 0.311 e. The third-order valence-electron chi connectivity index (χ3n) is 9.81. The molecule has 0 radical (unpaired) electrons. The molecule has 7 aromatic carbocycles. The van der Waals surface area contributed by atoms with Gasteiger partial charge in [-0.2, -0.15) is 0 Å². The van der Waals surface area contributed by atoms with Gasteiger partial charge in [-0.1, -0.05) is 72.8 Å². The molecule has 0 unspecified atom stereocenters. The quantitative estimate of drug-likeness (QED) is 0.196. The fourth-order valence-electron chi connectivity index (χ4n) is 7.17. The van der Waals surface area contributed by atoms with Crippen molar-refractivity contribution in [3.8, 4) is 0 Å². The minimum absolute atomic E-state index is 0.219. The predicted octanol–water partition coefficient (Wildman–Crippen LogP) is 8.92. The van der Waals surface area contributed by atoms with Crippen LogP contribution in [0.25, 0.3) is 64.6 Å². The van der Waals surface area contributed by atoms with E-state index in [2.05, 4.69) is 29.2 Å². The van der Waals surface area contributed by atoms with E-state index in [1.54, 1.807) is 30.1 Å². The first kappa shape index (κ1) is 30.0. The summed E-state index contributed by atoms with van der Waals surface area (Å²) in [6.45, 7) is 4.05. The predicted molar refractivity (Wildman–Crippen MR) is 201 cm³/mol. The highest BCUT2D eigenvalue weighted by atomic mass is 16.2. The van der Waals surface area contributed by atoms with Crippen molar-refractivity contribution in [3.05, 3.63) is 158 Å². The molecule has 1 N–H and O–H groups in total. The maximum atomic E-state index is 13.9. The average Bonchev–Trinajstić information content (AvgIpc) is 3.12. The van der Waals surface area contributed by atoms with E-state index < -0.39 is 11.1 Å². The first-order chi connectivity index (χ1) is 23.7. The molecule has 1 aromatic heterocycles. The molecule has 6 nitrogen and oxygen atoms in total. The molecule has 49 heavy (non-hydrogen) atoms. The van der Waals surface area contributed by atoms with Gasteiger partial charge in [0.2, 0.25) is 0 Å². The zero-order chi connectivity index (χ0) is 34.0. The fourth-order valence-corrected chi connectivity index (χ4v) is 7.17. The molecule has 1 amide bonds. The minimum atomic E-state index is -0.416. The number of aldehydes is 1. The van der Waals surface area contributed by atoms with E-state index in [1.807, 2.05) is 86.6 Å². The van der Waals surface area contributed by atoms with Gasteiger partial charge in [0.15, 0.2) is 6.29 Å². The molecule has 0 aliphatic carbocycles. The number of fused-ring (bicyclic) bond motifs is 5. The summed E-state index contributed by atoms with van der Waals surface area (Å²) < 4.78 is 0. The first-order valence-corrected chi connectivity index (χ1v) is 16.1. The number of carbonyl (C=O) groups excluding carboxylic acids is 2. The normalized spacial score (nSPS) is 11.5. The van der Waals surface area contributed by atoms with Gasteiger partial charge in [0.25, 0.3) is 17.0 Å². The number of H-pyrrole nitrogens is 1. The van der Waals surface area contributed by atoms with E-state index >= 15 is 0 Å². The van der Waals surface area contributed by atoms with Crippen molar-refractivity contribution in [1.29, 1.82) is 0 Å². The van der Waals surface area contributed by atoms with Gasteiger partial charge in [-0.25, -0.2) is 0 Å². The summed E-state index contributed by atoms with van der Waals surface area (Å²) in [5.74, 6) is -0.219. The monoisotopic (exact) mass is 638 g/mol. The lowest BCUT2D eigenvalue weighted by atomic mass is 9.90. The van der Waals surface area contributed by atoms with Crippen LogP contribution in [-0.2, 0) is 0 Å². The average molecular weight is 639 g/mol. The van der Waals surface area contributed by atoms with Gasteiger partial charge in [-0.3, -0.25) is 24.2 Å². The summed E-state index contributed by atoms with van der Waals surface area (Å²) in [6.07, 6.45) is 0.808. The highest BCUT2D eigenvalue weighted by Crippen LogP contribution is 2.39. The van der Waals surface area contributed by atoms with Crippen LogP contribution in [0.2, 0.25) is 0 Å². The van der Waals surface area contributed by atoms with E-state index in [0.717, 1.165) is 66.2 Å². The van der Waals surface area contributed by atoms with Crippen LogP contribution in [0, 0.1) is 13.8 Å². The summed E-state index contributed by atoms with van der Waals surface area (Å²) in [7, 11) is 1.73. The molecular weight excluding hydrogens is 608 g/mol. The van der Waals surface area contributed by atoms with Crippen LogP contribution in [0.5, 0.6) is 0 Å². The Morgan fingerprint density at radius 3 is 1.69 bits per heavy atom. The number of hydrogen-bond acceptors (Lipinski definition) is 4. The number of aromatic amines is 1. The Balaban J connectivity index is 1.55. The van der Waals surface area contributed by atoms with Crippen LogP contribution in [0.15, 0.2) is 125 Å². The topological polar surface area (TPSA) is 87.3 Å². The summed E-state index contributed by atoms with van der Waals surface area (Å²) in [5, 5.41) is 9.84. The number of aryl methyl sites for hydroxylation is 2. The van der Waals surface area contributed by atoms with Crippen LogP contribution in [0.3, 0.4) is 0 Å². The highest BCUT2D eigenvalue weighted by Gasteiger charge is 2.18. The van der Waals surface area contributed by atoms with Gasteiger partial charge >= 0.3 is 0 Å². The molecule has 8 aromatic rings. The lowest BCUT2D eigenvalue weighted by Crippen LogP contribution is -2.26. The number of nitrogens with one attached hydrogen (secondary N) is 1.